The normalized spacial score (nSPS) is 11.0. The molecule has 4 aromatic rings. The third-order valence-corrected chi connectivity index (χ3v) is 6.29. The lowest BCUT2D eigenvalue weighted by atomic mass is 10.1. The maximum atomic E-state index is 12.2. The van der Waals surface area contributed by atoms with Gasteiger partial charge >= 0.3 is 0 Å². The molecule has 10 nitrogen and oxygen atoms in total. The largest absolute Gasteiger partial charge is 0.494 e. The van der Waals surface area contributed by atoms with E-state index < -0.39 is 0 Å². The zero-order valence-corrected chi connectivity index (χ0v) is 22.7. The summed E-state index contributed by atoms with van der Waals surface area (Å²) >= 11 is 0. The summed E-state index contributed by atoms with van der Waals surface area (Å²) in [6.45, 7) is 7.18. The molecule has 38 heavy (non-hydrogen) atoms. The van der Waals surface area contributed by atoms with Gasteiger partial charge in [0.15, 0.2) is 0 Å². The van der Waals surface area contributed by atoms with Crippen LogP contribution in [0.4, 0.5) is 23.0 Å². The number of likely N-dealkylation sites (N-methyl/N-ethyl adjacent to an activating group) is 2. The highest BCUT2D eigenvalue weighted by Crippen LogP contribution is 2.38. The Balaban J connectivity index is 1.69. The number of carbonyl (C=O) groups excluding carboxylic acids is 1. The summed E-state index contributed by atoms with van der Waals surface area (Å²) in [4.78, 5) is 25.6. The van der Waals surface area contributed by atoms with Gasteiger partial charge in [0.05, 0.1) is 41.1 Å². The molecule has 0 fully saturated rings. The molecule has 4 rings (SSSR count). The van der Waals surface area contributed by atoms with E-state index in [2.05, 4.69) is 43.2 Å². The van der Waals surface area contributed by atoms with Gasteiger partial charge in [-0.15, -0.1) is 0 Å². The SMILES string of the molecule is C=CC(=O)Nc1cc(Nc2nccc(-c3ccc4c(c3)c(C)nn4C)n2)c(OC)cc1N(C)CCN(C)C. The van der Waals surface area contributed by atoms with Crippen LogP contribution in [-0.2, 0) is 11.8 Å². The van der Waals surface area contributed by atoms with Crippen molar-refractivity contribution in [3.63, 3.8) is 0 Å². The van der Waals surface area contributed by atoms with Crippen molar-refractivity contribution in [3.8, 4) is 17.0 Å². The molecule has 0 saturated carbocycles. The van der Waals surface area contributed by atoms with E-state index >= 15 is 0 Å². The summed E-state index contributed by atoms with van der Waals surface area (Å²) in [5.74, 6) is 0.691. The standard InChI is InChI=1S/C28H34N8O2/c1-8-27(37)30-22-16-23(26(38-7)17-25(22)35(5)14-13-34(3)4)32-28-29-12-11-21(31-28)19-9-10-24-20(15-19)18(2)33-36(24)6/h8-12,15-17H,1,13-14H2,2-7H3,(H,30,37)(H,29,31,32). The Bertz CT molecular complexity index is 1480. The van der Waals surface area contributed by atoms with Gasteiger partial charge in [0, 0.05) is 50.4 Å². The number of aromatic nitrogens is 4. The van der Waals surface area contributed by atoms with Crippen LogP contribution in [0.1, 0.15) is 5.69 Å². The lowest BCUT2D eigenvalue weighted by Gasteiger charge is -2.26. The molecule has 1 amide bonds. The molecular weight excluding hydrogens is 480 g/mol. The highest BCUT2D eigenvalue weighted by molar-refractivity contribution is 6.02. The fourth-order valence-electron chi connectivity index (χ4n) is 4.21. The Labute approximate surface area is 222 Å². The van der Waals surface area contributed by atoms with E-state index in [1.165, 1.54) is 6.08 Å². The highest BCUT2D eigenvalue weighted by Gasteiger charge is 2.17. The van der Waals surface area contributed by atoms with Crippen molar-refractivity contribution in [2.24, 2.45) is 7.05 Å². The Morgan fingerprint density at radius 3 is 2.63 bits per heavy atom. The lowest BCUT2D eigenvalue weighted by molar-refractivity contribution is -0.111. The van der Waals surface area contributed by atoms with E-state index in [0.717, 1.165) is 46.6 Å². The number of hydrogen-bond donors (Lipinski definition) is 2. The van der Waals surface area contributed by atoms with Crippen LogP contribution in [0.5, 0.6) is 5.75 Å². The number of rotatable bonds is 10. The van der Waals surface area contributed by atoms with Crippen molar-refractivity contribution < 1.29 is 9.53 Å². The lowest BCUT2D eigenvalue weighted by Crippen LogP contribution is -2.29. The molecule has 2 N–H and O–H groups in total. The number of ether oxygens (including phenoxy) is 1. The van der Waals surface area contributed by atoms with E-state index in [-0.39, 0.29) is 5.91 Å². The van der Waals surface area contributed by atoms with E-state index in [9.17, 15) is 4.79 Å². The second kappa shape index (κ2) is 11.3. The van der Waals surface area contributed by atoms with Crippen LogP contribution in [0.15, 0.2) is 55.3 Å². The molecule has 0 aliphatic heterocycles. The van der Waals surface area contributed by atoms with Crippen molar-refractivity contribution in [1.82, 2.24) is 24.6 Å². The average molecular weight is 515 g/mol. The molecule has 0 bridgehead atoms. The molecule has 0 atom stereocenters. The molecule has 0 aliphatic carbocycles. The third-order valence-electron chi connectivity index (χ3n) is 6.29. The van der Waals surface area contributed by atoms with Crippen molar-refractivity contribution >= 4 is 39.8 Å². The molecule has 0 saturated heterocycles. The van der Waals surface area contributed by atoms with Gasteiger partial charge in [0.1, 0.15) is 5.75 Å². The van der Waals surface area contributed by atoms with Gasteiger partial charge < -0.3 is 25.2 Å². The molecule has 0 spiro atoms. The molecule has 2 aromatic carbocycles. The molecule has 198 valence electrons. The Morgan fingerprint density at radius 2 is 1.92 bits per heavy atom. The van der Waals surface area contributed by atoms with Crippen LogP contribution in [0, 0.1) is 6.92 Å². The highest BCUT2D eigenvalue weighted by atomic mass is 16.5. The van der Waals surface area contributed by atoms with Crippen LogP contribution in [0.25, 0.3) is 22.2 Å². The number of fused-ring (bicyclic) bond motifs is 1. The van der Waals surface area contributed by atoms with Gasteiger partial charge in [0.25, 0.3) is 0 Å². The third kappa shape index (κ3) is 5.76. The van der Waals surface area contributed by atoms with Crippen LogP contribution in [0.2, 0.25) is 0 Å². The number of amides is 1. The van der Waals surface area contributed by atoms with Gasteiger partial charge in [-0.3, -0.25) is 9.48 Å². The number of aryl methyl sites for hydroxylation is 2. The molecule has 2 heterocycles. The summed E-state index contributed by atoms with van der Waals surface area (Å²) in [5, 5.41) is 11.8. The van der Waals surface area contributed by atoms with Crippen LogP contribution < -0.4 is 20.3 Å². The van der Waals surface area contributed by atoms with E-state index in [0.29, 0.717) is 23.1 Å². The summed E-state index contributed by atoms with van der Waals surface area (Å²) < 4.78 is 7.57. The monoisotopic (exact) mass is 514 g/mol. The summed E-state index contributed by atoms with van der Waals surface area (Å²) in [6, 6.07) is 11.7. The second-order valence-corrected chi connectivity index (χ2v) is 9.32. The summed E-state index contributed by atoms with van der Waals surface area (Å²) in [5.41, 5.74) is 5.81. The van der Waals surface area contributed by atoms with Crippen molar-refractivity contribution in [1.29, 1.82) is 0 Å². The first kappa shape index (κ1) is 26.6. The van der Waals surface area contributed by atoms with E-state index in [1.807, 2.05) is 70.1 Å². The molecule has 2 aromatic heterocycles. The van der Waals surface area contributed by atoms with E-state index in [4.69, 9.17) is 9.72 Å². The van der Waals surface area contributed by atoms with Gasteiger partial charge in [-0.2, -0.15) is 5.10 Å². The smallest absolute Gasteiger partial charge is 0.247 e. The maximum absolute atomic E-state index is 12.2. The Morgan fingerprint density at radius 1 is 1.13 bits per heavy atom. The molecule has 0 unspecified atom stereocenters. The topological polar surface area (TPSA) is 100 Å². The van der Waals surface area contributed by atoms with Crippen molar-refractivity contribution in [2.45, 2.75) is 6.92 Å². The summed E-state index contributed by atoms with van der Waals surface area (Å²) in [7, 11) is 9.56. The first-order valence-electron chi connectivity index (χ1n) is 12.2. The number of nitrogens with one attached hydrogen (secondary N) is 2. The average Bonchev–Trinajstić information content (AvgIpc) is 3.19. The van der Waals surface area contributed by atoms with Crippen LogP contribution >= 0.6 is 0 Å². The van der Waals surface area contributed by atoms with Crippen LogP contribution in [-0.4, -0.2) is 71.9 Å². The van der Waals surface area contributed by atoms with Gasteiger partial charge in [-0.1, -0.05) is 12.6 Å². The summed E-state index contributed by atoms with van der Waals surface area (Å²) in [6.07, 6.45) is 2.95. The number of anilines is 4. The number of carbonyl (C=O) groups is 1. The number of nitrogens with zero attached hydrogens (tertiary/aromatic N) is 6. The Hall–Kier alpha value is -4.44. The maximum Gasteiger partial charge on any atom is 0.247 e. The zero-order valence-electron chi connectivity index (χ0n) is 22.7. The fraction of sp³-hybridized carbons (Fsp3) is 0.286. The predicted octanol–water partition coefficient (Wildman–Crippen LogP) is 4.21. The minimum atomic E-state index is -0.303. The van der Waals surface area contributed by atoms with Gasteiger partial charge in [-0.05, 0) is 51.4 Å². The molecule has 0 radical (unpaired) electrons. The molecule has 10 heteroatoms. The number of methoxy groups -OCH3 is 1. The van der Waals surface area contributed by atoms with Crippen molar-refractivity contribution in [2.75, 3.05) is 56.9 Å². The first-order valence-corrected chi connectivity index (χ1v) is 12.2. The molecular formula is C28H34N8O2. The second-order valence-electron chi connectivity index (χ2n) is 9.32. The van der Waals surface area contributed by atoms with Crippen molar-refractivity contribution in [3.05, 3.63) is 60.9 Å². The first-order chi connectivity index (χ1) is 18.2. The number of hydrogen-bond acceptors (Lipinski definition) is 8. The van der Waals surface area contributed by atoms with E-state index in [1.54, 1.807) is 13.3 Å². The van der Waals surface area contributed by atoms with Gasteiger partial charge in [0.2, 0.25) is 11.9 Å². The minimum Gasteiger partial charge on any atom is -0.494 e. The minimum absolute atomic E-state index is 0.303. The van der Waals surface area contributed by atoms with Crippen LogP contribution in [0.3, 0.4) is 0 Å². The van der Waals surface area contributed by atoms with Gasteiger partial charge in [-0.25, -0.2) is 9.97 Å². The Kier molecular flexibility index (Phi) is 7.92. The fourth-order valence-corrected chi connectivity index (χ4v) is 4.21. The molecule has 0 aliphatic rings. The quantitative estimate of drug-likeness (QED) is 0.304. The zero-order chi connectivity index (χ0) is 27.4. The predicted molar refractivity (Wildman–Crippen MR) is 153 cm³/mol. The number of benzene rings is 2.